The predicted octanol–water partition coefficient (Wildman–Crippen LogP) is 3.11. The zero-order valence-corrected chi connectivity index (χ0v) is 12.7. The number of hydrogen-bond acceptors (Lipinski definition) is 4. The summed E-state index contributed by atoms with van der Waals surface area (Å²) < 4.78 is 4.59. The third-order valence-corrected chi connectivity index (χ3v) is 4.09. The van der Waals surface area contributed by atoms with E-state index in [-0.39, 0.29) is 12.0 Å². The molecule has 0 aliphatic heterocycles. The Morgan fingerprint density at radius 3 is 2.37 bits per heavy atom. The predicted molar refractivity (Wildman–Crippen MR) is 81.4 cm³/mol. The maximum Gasteiger partial charge on any atom is 0.306 e. The van der Waals surface area contributed by atoms with Crippen LogP contribution in [0.3, 0.4) is 0 Å². The average molecular weight is 281 g/mol. The maximum atomic E-state index is 11.0. The minimum Gasteiger partial charge on any atom is -0.469 e. The molecule has 0 saturated heterocycles. The zero-order chi connectivity index (χ0) is 14.3. The molecule has 1 rings (SSSR count). The van der Waals surface area contributed by atoms with Crippen molar-refractivity contribution >= 4 is 17.7 Å². The fraction of sp³-hybridized carbons (Fsp3) is 0.533. The molecule has 0 aliphatic carbocycles. The molecular formula is C15H23NO2S. The first kappa shape index (κ1) is 16.1. The number of esters is 1. The molecule has 4 heteroatoms. The summed E-state index contributed by atoms with van der Waals surface area (Å²) in [4.78, 5) is 11.0. The van der Waals surface area contributed by atoms with Gasteiger partial charge in [0.05, 0.1) is 13.5 Å². The number of carbonyl (C=O) groups is 1. The summed E-state index contributed by atoms with van der Waals surface area (Å²) in [6, 6.07) is 8.49. The van der Waals surface area contributed by atoms with Gasteiger partial charge in [-0.1, -0.05) is 38.1 Å². The quantitative estimate of drug-likeness (QED) is 0.616. The molecule has 1 atom stereocenters. The van der Waals surface area contributed by atoms with Crippen molar-refractivity contribution in [1.82, 2.24) is 0 Å². The highest BCUT2D eigenvalue weighted by molar-refractivity contribution is 7.99. The van der Waals surface area contributed by atoms with Crippen LogP contribution in [-0.4, -0.2) is 24.6 Å². The van der Waals surface area contributed by atoms with E-state index in [0.29, 0.717) is 12.3 Å². The molecule has 2 N–H and O–H groups in total. The lowest BCUT2D eigenvalue weighted by atomic mass is 10.00. The molecule has 1 aromatic rings. The molecule has 3 nitrogen and oxygen atoms in total. The largest absolute Gasteiger partial charge is 0.469 e. The van der Waals surface area contributed by atoms with Crippen LogP contribution in [0.15, 0.2) is 24.3 Å². The number of nitrogens with two attached hydrogens (primary N) is 1. The Labute approximate surface area is 119 Å². The number of carbonyl (C=O) groups excluding carboxylic acids is 1. The Kier molecular flexibility index (Phi) is 6.95. The molecule has 0 fully saturated rings. The second-order valence-corrected chi connectivity index (χ2v) is 5.98. The van der Waals surface area contributed by atoms with Crippen LogP contribution in [0.4, 0.5) is 0 Å². The van der Waals surface area contributed by atoms with Crippen LogP contribution in [0.2, 0.25) is 0 Å². The van der Waals surface area contributed by atoms with Crippen LogP contribution in [0.1, 0.15) is 43.4 Å². The highest BCUT2D eigenvalue weighted by atomic mass is 32.2. The SMILES string of the molecule is COC(=O)CCSCC(N)c1ccc(C(C)C)cc1. The molecular weight excluding hydrogens is 258 g/mol. The summed E-state index contributed by atoms with van der Waals surface area (Å²) in [5.41, 5.74) is 8.61. The fourth-order valence-corrected chi connectivity index (χ4v) is 2.62. The van der Waals surface area contributed by atoms with E-state index in [2.05, 4.69) is 42.8 Å². The van der Waals surface area contributed by atoms with E-state index in [1.54, 1.807) is 11.8 Å². The third-order valence-electron chi connectivity index (χ3n) is 3.01. The van der Waals surface area contributed by atoms with E-state index in [1.165, 1.54) is 12.7 Å². The van der Waals surface area contributed by atoms with Crippen molar-refractivity contribution in [2.24, 2.45) is 5.73 Å². The van der Waals surface area contributed by atoms with Gasteiger partial charge in [-0.3, -0.25) is 4.79 Å². The molecule has 0 saturated carbocycles. The Bertz CT molecular complexity index is 390. The first-order valence-electron chi connectivity index (χ1n) is 6.54. The van der Waals surface area contributed by atoms with E-state index in [1.807, 2.05) is 0 Å². The smallest absolute Gasteiger partial charge is 0.306 e. The summed E-state index contributed by atoms with van der Waals surface area (Å²) >= 11 is 1.68. The van der Waals surface area contributed by atoms with Crippen LogP contribution in [0, 0.1) is 0 Å². The van der Waals surface area contributed by atoms with E-state index >= 15 is 0 Å². The number of hydrogen-bond donors (Lipinski definition) is 1. The van der Waals surface area contributed by atoms with E-state index in [4.69, 9.17) is 5.73 Å². The Morgan fingerprint density at radius 1 is 1.26 bits per heavy atom. The van der Waals surface area contributed by atoms with Gasteiger partial charge in [-0.2, -0.15) is 11.8 Å². The molecule has 0 bridgehead atoms. The molecule has 0 radical (unpaired) electrons. The number of ether oxygens (including phenoxy) is 1. The number of rotatable bonds is 7. The van der Waals surface area contributed by atoms with Crippen molar-refractivity contribution in [3.63, 3.8) is 0 Å². The van der Waals surface area contributed by atoms with Crippen molar-refractivity contribution in [3.8, 4) is 0 Å². The minimum atomic E-state index is -0.164. The number of methoxy groups -OCH3 is 1. The van der Waals surface area contributed by atoms with Crippen molar-refractivity contribution < 1.29 is 9.53 Å². The monoisotopic (exact) mass is 281 g/mol. The minimum absolute atomic E-state index is 0.0175. The molecule has 0 aliphatic rings. The highest BCUT2D eigenvalue weighted by Crippen LogP contribution is 2.20. The average Bonchev–Trinajstić information content (AvgIpc) is 2.43. The van der Waals surface area contributed by atoms with Gasteiger partial charge >= 0.3 is 5.97 Å². The van der Waals surface area contributed by atoms with Crippen LogP contribution >= 0.6 is 11.8 Å². The molecule has 1 aromatic carbocycles. The first-order chi connectivity index (χ1) is 9.04. The topological polar surface area (TPSA) is 52.3 Å². The van der Waals surface area contributed by atoms with E-state index < -0.39 is 0 Å². The van der Waals surface area contributed by atoms with Gasteiger partial charge in [-0.15, -0.1) is 0 Å². The van der Waals surface area contributed by atoms with E-state index in [9.17, 15) is 4.79 Å². The summed E-state index contributed by atoms with van der Waals surface area (Å²) in [6.45, 7) is 4.36. The lowest BCUT2D eigenvalue weighted by Gasteiger charge is -2.13. The molecule has 1 unspecified atom stereocenters. The lowest BCUT2D eigenvalue weighted by Crippen LogP contribution is -2.13. The van der Waals surface area contributed by atoms with Gasteiger partial charge in [0, 0.05) is 17.5 Å². The van der Waals surface area contributed by atoms with Gasteiger partial charge in [0.15, 0.2) is 0 Å². The van der Waals surface area contributed by atoms with Crippen molar-refractivity contribution in [2.45, 2.75) is 32.2 Å². The molecule has 19 heavy (non-hydrogen) atoms. The van der Waals surface area contributed by atoms with Gasteiger partial charge < -0.3 is 10.5 Å². The summed E-state index contributed by atoms with van der Waals surface area (Å²) in [5.74, 6) is 1.95. The molecule has 106 valence electrons. The number of thioether (sulfide) groups is 1. The second-order valence-electron chi connectivity index (χ2n) is 4.83. The number of benzene rings is 1. The lowest BCUT2D eigenvalue weighted by molar-refractivity contribution is -0.140. The Balaban J connectivity index is 2.36. The standard InChI is InChI=1S/C15H23NO2S/c1-11(2)12-4-6-13(7-5-12)14(16)10-19-9-8-15(17)18-3/h4-7,11,14H,8-10,16H2,1-3H3. The molecule has 0 aromatic heterocycles. The summed E-state index contributed by atoms with van der Waals surface area (Å²) in [5, 5.41) is 0. The van der Waals surface area contributed by atoms with Gasteiger partial charge in [-0.05, 0) is 17.0 Å². The van der Waals surface area contributed by atoms with Crippen molar-refractivity contribution in [2.75, 3.05) is 18.6 Å². The van der Waals surface area contributed by atoms with Crippen LogP contribution in [0.5, 0.6) is 0 Å². The third kappa shape index (κ3) is 5.66. The highest BCUT2D eigenvalue weighted by Gasteiger charge is 2.08. The summed E-state index contributed by atoms with van der Waals surface area (Å²) in [7, 11) is 1.41. The molecule has 0 spiro atoms. The first-order valence-corrected chi connectivity index (χ1v) is 7.70. The maximum absolute atomic E-state index is 11.0. The molecule has 0 amide bonds. The Hall–Kier alpha value is -1.00. The second kappa shape index (κ2) is 8.23. The van der Waals surface area contributed by atoms with Crippen molar-refractivity contribution in [1.29, 1.82) is 0 Å². The van der Waals surface area contributed by atoms with Crippen LogP contribution in [0.25, 0.3) is 0 Å². The normalized spacial score (nSPS) is 12.5. The van der Waals surface area contributed by atoms with Gasteiger partial charge in [0.25, 0.3) is 0 Å². The summed E-state index contributed by atoms with van der Waals surface area (Å²) in [6.07, 6.45) is 0.445. The van der Waals surface area contributed by atoms with Crippen molar-refractivity contribution in [3.05, 3.63) is 35.4 Å². The zero-order valence-electron chi connectivity index (χ0n) is 11.9. The van der Waals surface area contributed by atoms with Gasteiger partial charge in [0.2, 0.25) is 0 Å². The van der Waals surface area contributed by atoms with E-state index in [0.717, 1.165) is 17.1 Å². The van der Waals surface area contributed by atoms with Gasteiger partial charge in [0.1, 0.15) is 0 Å². The molecule has 0 heterocycles. The fourth-order valence-electron chi connectivity index (χ4n) is 1.69. The van der Waals surface area contributed by atoms with Gasteiger partial charge in [-0.25, -0.2) is 0 Å². The van der Waals surface area contributed by atoms with Crippen LogP contribution < -0.4 is 5.73 Å². The Morgan fingerprint density at radius 2 is 1.84 bits per heavy atom. The van der Waals surface area contributed by atoms with Crippen LogP contribution in [-0.2, 0) is 9.53 Å².